The zero-order valence-electron chi connectivity index (χ0n) is 17.6. The maximum absolute atomic E-state index is 12.8. The minimum Gasteiger partial charge on any atom is -0.493 e. The highest BCUT2D eigenvalue weighted by atomic mass is 32.1. The molecule has 0 saturated heterocycles. The van der Waals surface area contributed by atoms with E-state index in [0.29, 0.717) is 26.8 Å². The number of aromatic nitrogens is 3. The van der Waals surface area contributed by atoms with Gasteiger partial charge >= 0.3 is 0 Å². The van der Waals surface area contributed by atoms with Crippen molar-refractivity contribution in [1.82, 2.24) is 14.6 Å². The van der Waals surface area contributed by atoms with Crippen LogP contribution in [0.5, 0.6) is 11.5 Å². The van der Waals surface area contributed by atoms with E-state index in [2.05, 4.69) is 43.0 Å². The second-order valence-electron chi connectivity index (χ2n) is 7.99. The molecule has 0 radical (unpaired) electrons. The van der Waals surface area contributed by atoms with Crippen LogP contribution in [0, 0.1) is 0 Å². The monoisotopic (exact) mass is 421 g/mol. The molecule has 0 amide bonds. The molecule has 6 nitrogen and oxygen atoms in total. The van der Waals surface area contributed by atoms with E-state index in [4.69, 9.17) is 9.47 Å². The number of thiazole rings is 1. The minimum absolute atomic E-state index is 0.0936. The number of hydrogen-bond acceptors (Lipinski definition) is 6. The van der Waals surface area contributed by atoms with Gasteiger partial charge in [-0.3, -0.25) is 4.79 Å². The van der Waals surface area contributed by atoms with Crippen LogP contribution in [0.15, 0.2) is 47.3 Å². The first kappa shape index (κ1) is 20.1. The normalized spacial score (nSPS) is 12.5. The smallest absolute Gasteiger partial charge is 0.291 e. The summed E-state index contributed by atoms with van der Waals surface area (Å²) in [6.45, 7) is 6.53. The molecule has 0 fully saturated rings. The van der Waals surface area contributed by atoms with Gasteiger partial charge in [-0.25, -0.2) is 0 Å². The molecule has 30 heavy (non-hydrogen) atoms. The van der Waals surface area contributed by atoms with Crippen LogP contribution in [0.4, 0.5) is 0 Å². The van der Waals surface area contributed by atoms with Crippen LogP contribution in [0.25, 0.3) is 22.4 Å². The molecule has 0 aliphatic heterocycles. The van der Waals surface area contributed by atoms with Crippen molar-refractivity contribution in [2.45, 2.75) is 26.2 Å². The summed E-state index contributed by atoms with van der Waals surface area (Å²) < 4.78 is 12.6. The number of nitrogens with zero attached hydrogens (tertiary/aromatic N) is 3. The number of rotatable bonds is 4. The summed E-state index contributed by atoms with van der Waals surface area (Å²) in [5, 5.41) is 4.41. The van der Waals surface area contributed by atoms with Gasteiger partial charge in [0.1, 0.15) is 0 Å². The summed E-state index contributed by atoms with van der Waals surface area (Å²) >= 11 is 1.33. The summed E-state index contributed by atoms with van der Waals surface area (Å²) in [7, 11) is 3.16. The topological polar surface area (TPSA) is 65.7 Å². The Morgan fingerprint density at radius 3 is 2.30 bits per heavy atom. The summed E-state index contributed by atoms with van der Waals surface area (Å²) in [5.41, 5.74) is 2.91. The first-order chi connectivity index (χ1) is 14.3. The molecule has 0 spiro atoms. The number of fused-ring (bicyclic) bond motifs is 1. The average molecular weight is 422 g/mol. The van der Waals surface area contributed by atoms with Gasteiger partial charge < -0.3 is 9.47 Å². The van der Waals surface area contributed by atoms with E-state index in [0.717, 1.165) is 11.1 Å². The van der Waals surface area contributed by atoms with Gasteiger partial charge in [-0.15, -0.1) is 5.10 Å². The Bertz CT molecular complexity index is 1310. The van der Waals surface area contributed by atoms with Crippen molar-refractivity contribution in [1.29, 1.82) is 0 Å². The highest BCUT2D eigenvalue weighted by Gasteiger charge is 2.15. The summed E-state index contributed by atoms with van der Waals surface area (Å²) in [5.74, 6) is 1.68. The molecule has 4 aromatic rings. The lowest BCUT2D eigenvalue weighted by Gasteiger charge is -2.18. The second kappa shape index (κ2) is 7.57. The maximum Gasteiger partial charge on any atom is 0.291 e. The molecule has 0 aliphatic carbocycles. The Hall–Kier alpha value is -3.19. The van der Waals surface area contributed by atoms with E-state index >= 15 is 0 Å². The van der Waals surface area contributed by atoms with Crippen LogP contribution in [0.3, 0.4) is 0 Å². The van der Waals surface area contributed by atoms with Gasteiger partial charge in [-0.2, -0.15) is 9.50 Å². The molecule has 4 rings (SSSR count). The Morgan fingerprint density at radius 2 is 1.70 bits per heavy atom. The first-order valence-corrected chi connectivity index (χ1v) is 10.4. The molecule has 0 N–H and O–H groups in total. The van der Waals surface area contributed by atoms with E-state index in [1.807, 2.05) is 24.3 Å². The van der Waals surface area contributed by atoms with Crippen LogP contribution in [0.1, 0.15) is 31.9 Å². The minimum atomic E-state index is -0.172. The van der Waals surface area contributed by atoms with Crippen LogP contribution in [-0.2, 0) is 5.41 Å². The fraction of sp³-hybridized carbons (Fsp3) is 0.261. The molecule has 2 heterocycles. The van der Waals surface area contributed by atoms with Crippen LogP contribution < -0.4 is 19.6 Å². The zero-order valence-corrected chi connectivity index (χ0v) is 18.4. The fourth-order valence-electron chi connectivity index (χ4n) is 3.16. The SMILES string of the molecule is COc1ccc(-c2nc3s/c(=C\c4ccc(C(C)(C)C)cc4)c(=O)n3n2)cc1OC. The lowest BCUT2D eigenvalue weighted by molar-refractivity contribution is 0.355. The molecular formula is C23H23N3O3S. The average Bonchev–Trinajstić information content (AvgIpc) is 3.27. The highest BCUT2D eigenvalue weighted by Crippen LogP contribution is 2.31. The van der Waals surface area contributed by atoms with E-state index in [1.165, 1.54) is 21.4 Å². The molecule has 0 unspecified atom stereocenters. The van der Waals surface area contributed by atoms with Gasteiger partial charge in [0.05, 0.1) is 18.8 Å². The molecule has 7 heteroatoms. The molecule has 0 aliphatic rings. The lowest BCUT2D eigenvalue weighted by atomic mass is 9.87. The molecule has 154 valence electrons. The quantitative estimate of drug-likeness (QED) is 0.503. The molecule has 0 saturated carbocycles. The molecular weight excluding hydrogens is 398 g/mol. The number of hydrogen-bond donors (Lipinski definition) is 0. The van der Waals surface area contributed by atoms with Gasteiger partial charge in [-0.05, 0) is 40.8 Å². The van der Waals surface area contributed by atoms with Crippen molar-refractivity contribution in [3.63, 3.8) is 0 Å². The Morgan fingerprint density at radius 1 is 1.00 bits per heavy atom. The first-order valence-electron chi connectivity index (χ1n) is 9.54. The van der Waals surface area contributed by atoms with Crippen molar-refractivity contribution in [3.05, 3.63) is 68.5 Å². The maximum atomic E-state index is 12.8. The third-order valence-corrected chi connectivity index (χ3v) is 5.86. The summed E-state index contributed by atoms with van der Waals surface area (Å²) in [6, 6.07) is 13.7. The van der Waals surface area contributed by atoms with Crippen LogP contribution in [0.2, 0.25) is 0 Å². The Kier molecular flexibility index (Phi) is 5.07. The van der Waals surface area contributed by atoms with E-state index < -0.39 is 0 Å². The van der Waals surface area contributed by atoms with Crippen LogP contribution in [-0.4, -0.2) is 28.8 Å². The number of methoxy groups -OCH3 is 2. The molecule has 2 aromatic heterocycles. The third-order valence-electron chi connectivity index (χ3n) is 4.90. The van der Waals surface area contributed by atoms with Crippen LogP contribution >= 0.6 is 11.3 Å². The van der Waals surface area contributed by atoms with Gasteiger partial charge in [-0.1, -0.05) is 56.4 Å². The number of benzene rings is 2. The summed E-state index contributed by atoms with van der Waals surface area (Å²) in [4.78, 5) is 17.9. The number of ether oxygens (including phenoxy) is 2. The van der Waals surface area contributed by atoms with Crippen molar-refractivity contribution in [2.24, 2.45) is 0 Å². The predicted molar refractivity (Wildman–Crippen MR) is 120 cm³/mol. The van der Waals surface area contributed by atoms with E-state index in [-0.39, 0.29) is 11.0 Å². The van der Waals surface area contributed by atoms with Crippen molar-refractivity contribution >= 4 is 22.4 Å². The van der Waals surface area contributed by atoms with E-state index in [1.54, 1.807) is 26.4 Å². The standard InChI is InChI=1S/C23H23N3O3S/c1-23(2,3)16-9-6-14(7-10-16)12-19-21(27)26-22(30-19)24-20(25-26)15-8-11-17(28-4)18(13-15)29-5/h6-13H,1-5H3/b19-12-. The van der Waals surface area contributed by atoms with Crippen molar-refractivity contribution in [2.75, 3.05) is 14.2 Å². The van der Waals surface area contributed by atoms with Gasteiger partial charge in [0, 0.05) is 5.56 Å². The zero-order chi connectivity index (χ0) is 21.5. The predicted octanol–water partition coefficient (Wildman–Crippen LogP) is 3.68. The molecule has 2 aromatic carbocycles. The van der Waals surface area contributed by atoms with Gasteiger partial charge in [0.15, 0.2) is 17.3 Å². The Balaban J connectivity index is 1.71. The van der Waals surface area contributed by atoms with Gasteiger partial charge in [0.2, 0.25) is 4.96 Å². The van der Waals surface area contributed by atoms with Crippen molar-refractivity contribution in [3.8, 4) is 22.9 Å². The molecule has 0 atom stereocenters. The second-order valence-corrected chi connectivity index (χ2v) is 9.00. The third kappa shape index (κ3) is 3.68. The van der Waals surface area contributed by atoms with Crippen molar-refractivity contribution < 1.29 is 9.47 Å². The lowest BCUT2D eigenvalue weighted by Crippen LogP contribution is -2.23. The van der Waals surface area contributed by atoms with E-state index in [9.17, 15) is 4.79 Å². The van der Waals surface area contributed by atoms with Gasteiger partial charge in [0.25, 0.3) is 5.56 Å². The highest BCUT2D eigenvalue weighted by molar-refractivity contribution is 7.15. The Labute approximate surface area is 178 Å². The fourth-order valence-corrected chi connectivity index (χ4v) is 4.07. The largest absolute Gasteiger partial charge is 0.493 e. The summed E-state index contributed by atoms with van der Waals surface area (Å²) in [6.07, 6.45) is 1.88. The molecule has 0 bridgehead atoms.